The van der Waals surface area contributed by atoms with Crippen LogP contribution >= 0.6 is 11.8 Å². The first-order chi connectivity index (χ1) is 11.6. The lowest BCUT2D eigenvalue weighted by molar-refractivity contribution is 0.0526. The molecule has 128 valence electrons. The van der Waals surface area contributed by atoms with E-state index in [1.54, 1.807) is 21.1 Å². The maximum Gasteiger partial charge on any atom is 0.343 e. The molecule has 2 rings (SSSR count). The summed E-state index contributed by atoms with van der Waals surface area (Å²) < 4.78 is 15.5. The number of carbonyl (C=O) groups excluding carboxylic acids is 1. The predicted octanol–water partition coefficient (Wildman–Crippen LogP) is 2.54. The molecule has 0 aliphatic carbocycles. The average molecular weight is 349 g/mol. The SMILES string of the molecule is CCOC(=O)c1cnc(SCc2cc(OC)ccc2OC)nc1N. The van der Waals surface area contributed by atoms with Gasteiger partial charge in [0.15, 0.2) is 5.16 Å². The van der Waals surface area contributed by atoms with Gasteiger partial charge in [0.05, 0.1) is 20.8 Å². The summed E-state index contributed by atoms with van der Waals surface area (Å²) in [6.07, 6.45) is 1.38. The van der Waals surface area contributed by atoms with Gasteiger partial charge in [-0.2, -0.15) is 0 Å². The fourth-order valence-electron chi connectivity index (χ4n) is 1.95. The summed E-state index contributed by atoms with van der Waals surface area (Å²) in [7, 11) is 3.22. The van der Waals surface area contributed by atoms with Crippen LogP contribution in [0.25, 0.3) is 0 Å². The van der Waals surface area contributed by atoms with Gasteiger partial charge < -0.3 is 19.9 Å². The molecule has 0 saturated heterocycles. The van der Waals surface area contributed by atoms with Gasteiger partial charge in [-0.05, 0) is 25.1 Å². The van der Waals surface area contributed by atoms with E-state index in [1.807, 2.05) is 18.2 Å². The van der Waals surface area contributed by atoms with Gasteiger partial charge in [0.1, 0.15) is 22.9 Å². The Morgan fingerprint density at radius 3 is 2.71 bits per heavy atom. The van der Waals surface area contributed by atoms with Crippen LogP contribution in [-0.2, 0) is 10.5 Å². The smallest absolute Gasteiger partial charge is 0.343 e. The Balaban J connectivity index is 2.12. The lowest BCUT2D eigenvalue weighted by Gasteiger charge is -2.10. The highest BCUT2D eigenvalue weighted by atomic mass is 32.2. The van der Waals surface area contributed by atoms with Crippen molar-refractivity contribution in [1.29, 1.82) is 0 Å². The molecule has 0 amide bonds. The van der Waals surface area contributed by atoms with E-state index in [1.165, 1.54) is 18.0 Å². The first-order valence-electron chi connectivity index (χ1n) is 7.22. The highest BCUT2D eigenvalue weighted by Gasteiger charge is 2.14. The van der Waals surface area contributed by atoms with Gasteiger partial charge in [-0.1, -0.05) is 11.8 Å². The van der Waals surface area contributed by atoms with E-state index in [2.05, 4.69) is 9.97 Å². The van der Waals surface area contributed by atoms with Gasteiger partial charge in [0.25, 0.3) is 0 Å². The standard InChI is InChI=1S/C16H19N3O4S/c1-4-23-15(20)12-8-18-16(19-14(12)17)24-9-10-7-11(21-2)5-6-13(10)22-3/h5-8H,4,9H2,1-3H3,(H2,17,18,19). The second-order valence-corrected chi connectivity index (χ2v) is 5.58. The molecule has 1 aromatic heterocycles. The lowest BCUT2D eigenvalue weighted by Crippen LogP contribution is -2.10. The van der Waals surface area contributed by atoms with Crippen molar-refractivity contribution >= 4 is 23.5 Å². The molecule has 0 spiro atoms. The van der Waals surface area contributed by atoms with Crippen LogP contribution in [0.4, 0.5) is 5.82 Å². The van der Waals surface area contributed by atoms with Gasteiger partial charge in [-0.3, -0.25) is 0 Å². The summed E-state index contributed by atoms with van der Waals surface area (Å²) in [5, 5.41) is 0.463. The number of nitrogens with two attached hydrogens (primary N) is 1. The molecule has 0 fully saturated rings. The summed E-state index contributed by atoms with van der Waals surface area (Å²) in [6, 6.07) is 5.56. The third-order valence-electron chi connectivity index (χ3n) is 3.14. The van der Waals surface area contributed by atoms with E-state index in [0.29, 0.717) is 10.9 Å². The molecule has 1 aromatic carbocycles. The molecule has 0 saturated carbocycles. The minimum absolute atomic E-state index is 0.101. The summed E-state index contributed by atoms with van der Waals surface area (Å²) in [5.74, 6) is 1.63. The second-order valence-electron chi connectivity index (χ2n) is 4.64. The van der Waals surface area contributed by atoms with Crippen molar-refractivity contribution in [2.24, 2.45) is 0 Å². The molecule has 0 aliphatic rings. The van der Waals surface area contributed by atoms with Gasteiger partial charge in [0.2, 0.25) is 0 Å². The van der Waals surface area contributed by atoms with E-state index >= 15 is 0 Å². The van der Waals surface area contributed by atoms with E-state index in [0.717, 1.165) is 17.1 Å². The van der Waals surface area contributed by atoms with E-state index in [9.17, 15) is 4.79 Å². The number of ether oxygens (including phenoxy) is 3. The van der Waals surface area contributed by atoms with Crippen LogP contribution in [0.3, 0.4) is 0 Å². The first-order valence-corrected chi connectivity index (χ1v) is 8.21. The summed E-state index contributed by atoms with van der Waals surface area (Å²) in [5.41, 5.74) is 6.92. The zero-order chi connectivity index (χ0) is 17.5. The Morgan fingerprint density at radius 1 is 1.29 bits per heavy atom. The lowest BCUT2D eigenvalue weighted by atomic mass is 10.2. The maximum absolute atomic E-state index is 11.7. The zero-order valence-corrected chi connectivity index (χ0v) is 14.6. The molecule has 0 aliphatic heterocycles. The number of nitrogens with zero attached hydrogens (tertiary/aromatic N) is 2. The zero-order valence-electron chi connectivity index (χ0n) is 13.7. The fourth-order valence-corrected chi connectivity index (χ4v) is 2.75. The van der Waals surface area contributed by atoms with Crippen LogP contribution in [0.15, 0.2) is 29.6 Å². The van der Waals surface area contributed by atoms with Gasteiger partial charge in [-0.15, -0.1) is 0 Å². The maximum atomic E-state index is 11.7. The van der Waals surface area contributed by atoms with Crippen LogP contribution in [0.5, 0.6) is 11.5 Å². The number of anilines is 1. The van der Waals surface area contributed by atoms with Crippen LogP contribution < -0.4 is 15.2 Å². The molecule has 8 heteroatoms. The number of rotatable bonds is 7. The van der Waals surface area contributed by atoms with Crippen molar-refractivity contribution in [1.82, 2.24) is 9.97 Å². The van der Waals surface area contributed by atoms with E-state index < -0.39 is 5.97 Å². The molecule has 0 radical (unpaired) electrons. The number of hydrogen-bond acceptors (Lipinski definition) is 8. The number of nitrogen functional groups attached to an aromatic ring is 1. The Bertz CT molecular complexity index is 724. The van der Waals surface area contributed by atoms with Crippen LogP contribution in [0, 0.1) is 0 Å². The minimum atomic E-state index is -0.527. The quantitative estimate of drug-likeness (QED) is 0.463. The second kappa shape index (κ2) is 8.39. The molecule has 0 unspecified atom stereocenters. The van der Waals surface area contributed by atoms with Crippen molar-refractivity contribution in [2.45, 2.75) is 17.8 Å². The van der Waals surface area contributed by atoms with Crippen molar-refractivity contribution < 1.29 is 19.0 Å². The van der Waals surface area contributed by atoms with Crippen molar-refractivity contribution in [3.63, 3.8) is 0 Å². The molecular weight excluding hydrogens is 330 g/mol. The molecule has 2 aromatic rings. The molecular formula is C16H19N3O4S. The van der Waals surface area contributed by atoms with Crippen LogP contribution in [-0.4, -0.2) is 36.8 Å². The Morgan fingerprint density at radius 2 is 2.08 bits per heavy atom. The van der Waals surface area contributed by atoms with Crippen LogP contribution in [0.2, 0.25) is 0 Å². The van der Waals surface area contributed by atoms with Crippen molar-refractivity contribution in [2.75, 3.05) is 26.6 Å². The first kappa shape index (κ1) is 17.9. The number of methoxy groups -OCH3 is 2. The highest BCUT2D eigenvalue weighted by molar-refractivity contribution is 7.98. The number of thioether (sulfide) groups is 1. The van der Waals surface area contributed by atoms with E-state index in [4.69, 9.17) is 19.9 Å². The van der Waals surface area contributed by atoms with Gasteiger partial charge in [0, 0.05) is 17.5 Å². The third kappa shape index (κ3) is 4.29. The van der Waals surface area contributed by atoms with Gasteiger partial charge in [-0.25, -0.2) is 14.8 Å². The van der Waals surface area contributed by atoms with Crippen molar-refractivity contribution in [3.8, 4) is 11.5 Å². The number of benzene rings is 1. The largest absolute Gasteiger partial charge is 0.497 e. The fraction of sp³-hybridized carbons (Fsp3) is 0.312. The number of hydrogen-bond donors (Lipinski definition) is 1. The summed E-state index contributed by atoms with van der Waals surface area (Å²) in [4.78, 5) is 20.0. The average Bonchev–Trinajstić information content (AvgIpc) is 2.59. The number of aromatic nitrogens is 2. The number of carbonyl (C=O) groups is 1. The minimum Gasteiger partial charge on any atom is -0.497 e. The molecule has 0 atom stereocenters. The van der Waals surface area contributed by atoms with Gasteiger partial charge >= 0.3 is 5.97 Å². The highest BCUT2D eigenvalue weighted by Crippen LogP contribution is 2.30. The monoisotopic (exact) mass is 349 g/mol. The predicted molar refractivity (Wildman–Crippen MR) is 91.5 cm³/mol. The molecule has 24 heavy (non-hydrogen) atoms. The topological polar surface area (TPSA) is 96.6 Å². The Hall–Kier alpha value is -2.48. The Kier molecular flexibility index (Phi) is 6.25. The Labute approximate surface area is 144 Å². The van der Waals surface area contributed by atoms with E-state index in [-0.39, 0.29) is 18.0 Å². The molecule has 7 nitrogen and oxygen atoms in total. The molecule has 0 bridgehead atoms. The molecule has 2 N–H and O–H groups in total. The summed E-state index contributed by atoms with van der Waals surface area (Å²) in [6.45, 7) is 1.99. The summed E-state index contributed by atoms with van der Waals surface area (Å²) >= 11 is 1.38. The van der Waals surface area contributed by atoms with Crippen molar-refractivity contribution in [3.05, 3.63) is 35.5 Å². The van der Waals surface area contributed by atoms with Crippen LogP contribution in [0.1, 0.15) is 22.8 Å². The molecule has 1 heterocycles. The third-order valence-corrected chi connectivity index (χ3v) is 4.05. The number of esters is 1. The normalized spacial score (nSPS) is 10.3.